The van der Waals surface area contributed by atoms with Gasteiger partial charge in [-0.3, -0.25) is 4.90 Å². The number of hydrogen-bond donors (Lipinski definition) is 6. The van der Waals surface area contributed by atoms with Crippen LogP contribution in [-0.4, -0.2) is 121 Å². The third kappa shape index (κ3) is 4.07. The fourth-order valence-electron chi connectivity index (χ4n) is 12.6. The van der Waals surface area contributed by atoms with Crippen LogP contribution in [0, 0.1) is 29.1 Å². The maximum absolute atomic E-state index is 13.5. The van der Waals surface area contributed by atoms with E-state index in [4.69, 9.17) is 18.9 Å². The van der Waals surface area contributed by atoms with Crippen LogP contribution in [0.3, 0.4) is 0 Å². The molecule has 13 heteroatoms. The Labute approximate surface area is 293 Å². The van der Waals surface area contributed by atoms with Gasteiger partial charge in [0.25, 0.3) is 0 Å². The van der Waals surface area contributed by atoms with Gasteiger partial charge in [-0.15, -0.1) is 12.4 Å². The van der Waals surface area contributed by atoms with Crippen LogP contribution in [0.15, 0.2) is 18.2 Å². The molecule has 49 heavy (non-hydrogen) atoms. The van der Waals surface area contributed by atoms with Gasteiger partial charge in [0, 0.05) is 55.1 Å². The number of halogens is 1. The lowest BCUT2D eigenvalue weighted by Crippen LogP contribution is -2.85. The van der Waals surface area contributed by atoms with Gasteiger partial charge in [-0.1, -0.05) is 13.8 Å². The molecule has 12 nitrogen and oxygen atoms in total. The number of rotatable bonds is 4. The smallest absolute Gasteiger partial charge is 0.338 e. The molecule has 4 bridgehead atoms. The van der Waals surface area contributed by atoms with E-state index in [1.54, 1.807) is 19.1 Å². The van der Waals surface area contributed by atoms with Gasteiger partial charge in [-0.25, -0.2) is 4.79 Å². The van der Waals surface area contributed by atoms with Gasteiger partial charge < -0.3 is 49.6 Å². The summed E-state index contributed by atoms with van der Waals surface area (Å²) in [6, 6.07) is 4.28. The van der Waals surface area contributed by atoms with E-state index in [1.165, 1.54) is 20.3 Å². The van der Waals surface area contributed by atoms with Crippen molar-refractivity contribution in [1.82, 2.24) is 4.90 Å². The van der Waals surface area contributed by atoms with Gasteiger partial charge in [0.2, 0.25) is 5.79 Å². The van der Waals surface area contributed by atoms with Gasteiger partial charge in [0.1, 0.15) is 22.4 Å². The Morgan fingerprint density at radius 2 is 1.59 bits per heavy atom. The summed E-state index contributed by atoms with van der Waals surface area (Å²) in [5.74, 6) is -3.63. The summed E-state index contributed by atoms with van der Waals surface area (Å²) in [6.07, 6.45) is 0.172. The SMILES string of the molecule is COc1ccc(C(=O)O[C@H]2CC[C@@]3(C)[C@@H]4CC[C@H]5[C@]6(O)C[C@H](O)[C@@]7(O)[C@@H](CN8C[C@@H](C)CC[C@H]8[C@@]7(C)O)[C@]6(O)C[C@@]53O[C@@]24O)cc1OC.Cl. The first-order chi connectivity index (χ1) is 22.5. The lowest BCUT2D eigenvalue weighted by molar-refractivity contribution is -0.354. The van der Waals surface area contributed by atoms with Crippen LogP contribution < -0.4 is 9.47 Å². The van der Waals surface area contributed by atoms with E-state index in [0.29, 0.717) is 56.1 Å². The minimum absolute atomic E-state index is 0. The number of methoxy groups -OCH3 is 2. The van der Waals surface area contributed by atoms with E-state index >= 15 is 0 Å². The molecule has 0 amide bonds. The molecule has 1 aromatic carbocycles. The molecule has 274 valence electrons. The first-order valence-corrected chi connectivity index (χ1v) is 17.6. The molecule has 1 spiro atoms. The van der Waals surface area contributed by atoms with Crippen molar-refractivity contribution in [3.05, 3.63) is 23.8 Å². The van der Waals surface area contributed by atoms with E-state index < -0.39 is 81.2 Å². The Morgan fingerprint density at radius 3 is 2.29 bits per heavy atom. The van der Waals surface area contributed by atoms with Crippen molar-refractivity contribution in [3.63, 3.8) is 0 Å². The topological polar surface area (TPSA) is 179 Å². The molecule has 3 heterocycles. The summed E-state index contributed by atoms with van der Waals surface area (Å²) in [4.78, 5) is 15.6. The van der Waals surface area contributed by atoms with E-state index in [0.717, 1.165) is 6.42 Å². The van der Waals surface area contributed by atoms with Crippen molar-refractivity contribution in [2.45, 2.75) is 124 Å². The highest BCUT2D eigenvalue weighted by molar-refractivity contribution is 5.90. The molecular weight excluding hydrogens is 658 g/mol. The van der Waals surface area contributed by atoms with Crippen LogP contribution in [0.1, 0.15) is 82.5 Å². The summed E-state index contributed by atoms with van der Waals surface area (Å²) in [5, 5.41) is 74.7. The van der Waals surface area contributed by atoms with Gasteiger partial charge >= 0.3 is 5.97 Å². The molecule has 0 unspecified atom stereocenters. The third-order valence-electron chi connectivity index (χ3n) is 14.9. The summed E-state index contributed by atoms with van der Waals surface area (Å²) < 4.78 is 23.5. The molecule has 7 fully saturated rings. The molecule has 1 aromatic rings. The highest BCUT2D eigenvalue weighted by atomic mass is 35.5. The molecule has 14 atom stereocenters. The monoisotopic (exact) mass is 709 g/mol. The van der Waals surface area contributed by atoms with Crippen molar-refractivity contribution < 1.29 is 54.4 Å². The van der Waals surface area contributed by atoms with Crippen molar-refractivity contribution >= 4 is 18.4 Å². The van der Waals surface area contributed by atoms with E-state index in [9.17, 15) is 35.4 Å². The molecule has 0 aromatic heterocycles. The fourth-order valence-corrected chi connectivity index (χ4v) is 12.6. The number of carbonyl (C=O) groups excluding carboxylic acids is 1. The molecule has 4 saturated carbocycles. The Morgan fingerprint density at radius 1 is 0.898 bits per heavy atom. The lowest BCUT2D eigenvalue weighted by atomic mass is 9.49. The molecule has 3 aliphatic heterocycles. The van der Waals surface area contributed by atoms with Crippen LogP contribution in [0.25, 0.3) is 0 Å². The second-order valence-electron chi connectivity index (χ2n) is 16.8. The molecule has 0 radical (unpaired) electrons. The number of fused-ring (bicyclic) bond motifs is 5. The number of ether oxygens (including phenoxy) is 4. The first kappa shape index (κ1) is 35.7. The number of aliphatic hydroxyl groups excluding tert-OH is 1. The number of hydrogen-bond acceptors (Lipinski definition) is 12. The molecule has 6 N–H and O–H groups in total. The second kappa shape index (κ2) is 10.9. The summed E-state index contributed by atoms with van der Waals surface area (Å²) in [5.41, 5.74) is -9.44. The van der Waals surface area contributed by atoms with Crippen LogP contribution in [0.5, 0.6) is 11.5 Å². The number of aliphatic hydroxyl groups is 6. The number of benzene rings is 1. The highest BCUT2D eigenvalue weighted by Gasteiger charge is 2.88. The predicted molar refractivity (Wildman–Crippen MR) is 176 cm³/mol. The largest absolute Gasteiger partial charge is 0.493 e. The van der Waals surface area contributed by atoms with Crippen LogP contribution in [0.2, 0.25) is 0 Å². The molecular formula is C36H52ClNO11. The third-order valence-corrected chi connectivity index (χ3v) is 14.9. The quantitative estimate of drug-likeness (QED) is 0.250. The van der Waals surface area contributed by atoms with Crippen LogP contribution >= 0.6 is 12.4 Å². The second-order valence-corrected chi connectivity index (χ2v) is 16.8. The van der Waals surface area contributed by atoms with Gasteiger partial charge in [0.15, 0.2) is 17.6 Å². The number of esters is 1. The predicted octanol–water partition coefficient (Wildman–Crippen LogP) is 1.78. The Balaban J connectivity index is 0.00000378. The first-order valence-electron chi connectivity index (χ1n) is 17.6. The average molecular weight is 710 g/mol. The summed E-state index contributed by atoms with van der Waals surface area (Å²) in [7, 11) is 2.97. The Bertz CT molecular complexity index is 1530. The van der Waals surface area contributed by atoms with E-state index in [1.807, 2.05) is 6.92 Å². The maximum atomic E-state index is 13.5. The van der Waals surface area contributed by atoms with Crippen molar-refractivity contribution in [2.24, 2.45) is 29.1 Å². The number of carbonyl (C=O) groups is 1. The normalized spacial score (nSPS) is 52.5. The van der Waals surface area contributed by atoms with Crippen LogP contribution in [0.4, 0.5) is 0 Å². The Hall–Kier alpha value is -1.74. The zero-order chi connectivity index (χ0) is 34.4. The minimum atomic E-state index is -2.10. The fraction of sp³-hybridized carbons (Fsp3) is 0.806. The standard InChI is InChI=1S/C36H51NO11.ClH/c1-19-6-11-26-31(3,40)35(43)25(17-37(26)16-19)33(42)18-34-24(32(33,41)15-27(35)38)10-9-23-30(34,2)13-12-28(36(23,44)48-34)47-29(39)20-7-8-21(45-4)22(14-20)46-5;/h7-8,14,19,23-28,38,40-44H,6,9-13,15-18H2,1-5H3;1H/t19-,23-,24-,25-,26-,27-,28-,30-,31+,32+,33+,34+,35-,36+;/m0./s1. The zero-order valence-corrected chi connectivity index (χ0v) is 29.7. The van der Waals surface area contributed by atoms with Gasteiger partial charge in [0.05, 0.1) is 31.5 Å². The van der Waals surface area contributed by atoms with E-state index in [-0.39, 0.29) is 37.4 Å². The lowest BCUT2D eigenvalue weighted by Gasteiger charge is -2.68. The highest BCUT2D eigenvalue weighted by Crippen LogP contribution is 2.78. The zero-order valence-electron chi connectivity index (χ0n) is 28.9. The van der Waals surface area contributed by atoms with Gasteiger partial charge in [-0.05, 0) is 69.6 Å². The molecule has 4 aliphatic carbocycles. The Kier molecular flexibility index (Phi) is 7.93. The number of nitrogens with zero attached hydrogens (tertiary/aromatic N) is 1. The van der Waals surface area contributed by atoms with Crippen LogP contribution in [-0.2, 0) is 9.47 Å². The minimum Gasteiger partial charge on any atom is -0.493 e. The van der Waals surface area contributed by atoms with Gasteiger partial charge in [-0.2, -0.15) is 0 Å². The average Bonchev–Trinajstić information content (AvgIpc) is 3.21. The molecule has 7 aliphatic rings. The van der Waals surface area contributed by atoms with Crippen molar-refractivity contribution in [1.29, 1.82) is 0 Å². The summed E-state index contributed by atoms with van der Waals surface area (Å²) in [6.45, 7) is 6.57. The summed E-state index contributed by atoms with van der Waals surface area (Å²) >= 11 is 0. The molecule has 8 rings (SSSR count). The maximum Gasteiger partial charge on any atom is 0.338 e. The van der Waals surface area contributed by atoms with Crippen molar-refractivity contribution in [3.8, 4) is 11.5 Å². The molecule has 3 saturated heterocycles. The van der Waals surface area contributed by atoms with E-state index in [2.05, 4.69) is 11.8 Å². The van der Waals surface area contributed by atoms with Crippen molar-refractivity contribution in [2.75, 3.05) is 27.3 Å². The number of piperidine rings is 2.